The molecule has 126 valence electrons. The molecule has 2 rings (SSSR count). The molecular formula is C19H22N2O3. The predicted molar refractivity (Wildman–Crippen MR) is 94.6 cm³/mol. The van der Waals surface area contributed by atoms with Gasteiger partial charge in [0.1, 0.15) is 11.5 Å². The number of carbonyl (C=O) groups excluding carboxylic acids is 1. The van der Waals surface area contributed by atoms with Gasteiger partial charge in [-0.25, -0.2) is 5.43 Å². The topological polar surface area (TPSA) is 59.9 Å². The molecule has 1 N–H and O–H groups in total. The standard InChI is InChI=1S/C19H22N2O3/c1-14-7-6-9-17(11-14)24-13-19(22)21-20-15(2)12-16-8-4-5-10-18(16)23-3/h4-11H,12-13H2,1-3H3,(H,21,22)/b20-15-. The van der Waals surface area contributed by atoms with Gasteiger partial charge in [-0.15, -0.1) is 0 Å². The minimum Gasteiger partial charge on any atom is -0.496 e. The van der Waals surface area contributed by atoms with Gasteiger partial charge in [-0.1, -0.05) is 30.3 Å². The van der Waals surface area contributed by atoms with Crippen molar-refractivity contribution in [1.82, 2.24) is 5.43 Å². The van der Waals surface area contributed by atoms with Gasteiger partial charge in [0, 0.05) is 12.1 Å². The van der Waals surface area contributed by atoms with Gasteiger partial charge in [0.05, 0.1) is 7.11 Å². The lowest BCUT2D eigenvalue weighted by Gasteiger charge is -2.08. The average molecular weight is 326 g/mol. The Labute approximate surface area is 142 Å². The van der Waals surface area contributed by atoms with E-state index in [-0.39, 0.29) is 12.5 Å². The molecule has 24 heavy (non-hydrogen) atoms. The van der Waals surface area contributed by atoms with E-state index in [0.29, 0.717) is 12.2 Å². The lowest BCUT2D eigenvalue weighted by atomic mass is 10.1. The van der Waals surface area contributed by atoms with Crippen molar-refractivity contribution in [3.63, 3.8) is 0 Å². The fraction of sp³-hybridized carbons (Fsp3) is 0.263. The fourth-order valence-electron chi connectivity index (χ4n) is 2.21. The van der Waals surface area contributed by atoms with E-state index in [2.05, 4.69) is 10.5 Å². The summed E-state index contributed by atoms with van der Waals surface area (Å²) in [7, 11) is 1.63. The molecule has 0 aliphatic heterocycles. The van der Waals surface area contributed by atoms with Crippen LogP contribution < -0.4 is 14.9 Å². The average Bonchev–Trinajstić information content (AvgIpc) is 2.58. The van der Waals surface area contributed by atoms with Crippen LogP contribution in [0.1, 0.15) is 18.1 Å². The first-order valence-corrected chi connectivity index (χ1v) is 7.72. The van der Waals surface area contributed by atoms with E-state index in [9.17, 15) is 4.79 Å². The number of ether oxygens (including phenoxy) is 2. The van der Waals surface area contributed by atoms with E-state index < -0.39 is 0 Å². The molecule has 0 bridgehead atoms. The summed E-state index contributed by atoms with van der Waals surface area (Å²) in [6.07, 6.45) is 0.600. The molecule has 0 heterocycles. The van der Waals surface area contributed by atoms with Gasteiger partial charge in [-0.05, 0) is 43.2 Å². The summed E-state index contributed by atoms with van der Waals surface area (Å²) >= 11 is 0. The van der Waals surface area contributed by atoms with E-state index in [1.807, 2.05) is 62.4 Å². The molecule has 0 aromatic heterocycles. The van der Waals surface area contributed by atoms with Gasteiger partial charge in [-0.2, -0.15) is 5.10 Å². The summed E-state index contributed by atoms with van der Waals surface area (Å²) in [5.41, 5.74) is 5.39. The molecule has 0 saturated carbocycles. The van der Waals surface area contributed by atoms with E-state index in [4.69, 9.17) is 9.47 Å². The zero-order chi connectivity index (χ0) is 17.4. The van der Waals surface area contributed by atoms with Crippen LogP contribution in [-0.4, -0.2) is 25.3 Å². The molecule has 0 unspecified atom stereocenters. The van der Waals surface area contributed by atoms with E-state index in [0.717, 1.165) is 22.6 Å². The first kappa shape index (κ1) is 17.5. The first-order chi connectivity index (χ1) is 11.6. The predicted octanol–water partition coefficient (Wildman–Crippen LogP) is 3.12. The maximum absolute atomic E-state index is 11.8. The van der Waals surface area contributed by atoms with Crippen molar-refractivity contribution in [3.8, 4) is 11.5 Å². The van der Waals surface area contributed by atoms with Crippen LogP contribution in [0.3, 0.4) is 0 Å². The normalized spacial score (nSPS) is 11.0. The number of carbonyl (C=O) groups is 1. The summed E-state index contributed by atoms with van der Waals surface area (Å²) in [6.45, 7) is 3.75. The summed E-state index contributed by atoms with van der Waals surface area (Å²) < 4.78 is 10.7. The Morgan fingerprint density at radius 1 is 1.17 bits per heavy atom. The third-order valence-electron chi connectivity index (χ3n) is 3.37. The molecule has 2 aromatic carbocycles. The van der Waals surface area contributed by atoms with Crippen LogP contribution in [0.4, 0.5) is 0 Å². The van der Waals surface area contributed by atoms with Gasteiger partial charge in [-0.3, -0.25) is 4.79 Å². The van der Waals surface area contributed by atoms with Crippen LogP contribution in [0, 0.1) is 6.92 Å². The smallest absolute Gasteiger partial charge is 0.277 e. The van der Waals surface area contributed by atoms with Gasteiger partial charge in [0.2, 0.25) is 0 Å². The summed E-state index contributed by atoms with van der Waals surface area (Å²) in [4.78, 5) is 11.8. The van der Waals surface area contributed by atoms with Crippen LogP contribution in [0.2, 0.25) is 0 Å². The summed E-state index contributed by atoms with van der Waals surface area (Å²) in [6, 6.07) is 15.3. The minimum absolute atomic E-state index is 0.0745. The van der Waals surface area contributed by atoms with Crippen molar-refractivity contribution in [2.24, 2.45) is 5.10 Å². The van der Waals surface area contributed by atoms with Crippen molar-refractivity contribution in [1.29, 1.82) is 0 Å². The van der Waals surface area contributed by atoms with E-state index >= 15 is 0 Å². The second-order valence-corrected chi connectivity index (χ2v) is 5.48. The van der Waals surface area contributed by atoms with E-state index in [1.54, 1.807) is 7.11 Å². The number of nitrogens with one attached hydrogen (secondary N) is 1. The van der Waals surface area contributed by atoms with Gasteiger partial charge < -0.3 is 9.47 Å². The maximum atomic E-state index is 11.8. The van der Waals surface area contributed by atoms with Crippen LogP contribution in [0.15, 0.2) is 53.6 Å². The number of nitrogens with zero attached hydrogens (tertiary/aromatic N) is 1. The van der Waals surface area contributed by atoms with Crippen LogP contribution in [0.25, 0.3) is 0 Å². The molecule has 0 aliphatic rings. The minimum atomic E-state index is -0.295. The molecule has 0 saturated heterocycles. The Morgan fingerprint density at radius 3 is 2.71 bits per heavy atom. The highest BCUT2D eigenvalue weighted by molar-refractivity contribution is 5.86. The number of methoxy groups -OCH3 is 1. The molecule has 2 aromatic rings. The van der Waals surface area contributed by atoms with E-state index in [1.165, 1.54) is 0 Å². The first-order valence-electron chi connectivity index (χ1n) is 7.72. The van der Waals surface area contributed by atoms with Crippen molar-refractivity contribution >= 4 is 11.6 Å². The molecular weight excluding hydrogens is 304 g/mol. The second kappa shape index (κ2) is 8.72. The van der Waals surface area contributed by atoms with Crippen molar-refractivity contribution in [2.75, 3.05) is 13.7 Å². The molecule has 5 heteroatoms. The second-order valence-electron chi connectivity index (χ2n) is 5.48. The highest BCUT2D eigenvalue weighted by Gasteiger charge is 2.05. The maximum Gasteiger partial charge on any atom is 0.277 e. The summed E-state index contributed by atoms with van der Waals surface area (Å²) in [5, 5.41) is 4.11. The number of amides is 1. The fourth-order valence-corrected chi connectivity index (χ4v) is 2.21. The van der Waals surface area contributed by atoms with Crippen LogP contribution >= 0.6 is 0 Å². The number of hydrogen-bond donors (Lipinski definition) is 1. The number of hydrogen-bond acceptors (Lipinski definition) is 4. The van der Waals surface area contributed by atoms with Crippen molar-refractivity contribution < 1.29 is 14.3 Å². The highest BCUT2D eigenvalue weighted by atomic mass is 16.5. The lowest BCUT2D eigenvalue weighted by molar-refractivity contribution is -0.123. The number of rotatable bonds is 7. The van der Waals surface area contributed by atoms with Crippen LogP contribution in [-0.2, 0) is 11.2 Å². The van der Waals surface area contributed by atoms with Crippen LogP contribution in [0.5, 0.6) is 11.5 Å². The van der Waals surface area contributed by atoms with Gasteiger partial charge in [0.15, 0.2) is 6.61 Å². The third kappa shape index (κ3) is 5.43. The monoisotopic (exact) mass is 326 g/mol. The molecule has 0 spiro atoms. The molecule has 0 atom stereocenters. The Balaban J connectivity index is 1.84. The SMILES string of the molecule is COc1ccccc1C/C(C)=N\NC(=O)COc1cccc(C)c1. The zero-order valence-corrected chi connectivity index (χ0v) is 14.2. The Morgan fingerprint density at radius 2 is 1.96 bits per heavy atom. The lowest BCUT2D eigenvalue weighted by Crippen LogP contribution is -2.25. The molecule has 0 fully saturated rings. The number of para-hydroxylation sites is 1. The number of hydrazone groups is 1. The van der Waals surface area contributed by atoms with Gasteiger partial charge in [0.25, 0.3) is 5.91 Å². The largest absolute Gasteiger partial charge is 0.496 e. The Kier molecular flexibility index (Phi) is 6.37. The van der Waals surface area contributed by atoms with Gasteiger partial charge >= 0.3 is 0 Å². The zero-order valence-electron chi connectivity index (χ0n) is 14.2. The highest BCUT2D eigenvalue weighted by Crippen LogP contribution is 2.18. The third-order valence-corrected chi connectivity index (χ3v) is 3.37. The molecule has 0 radical (unpaired) electrons. The van der Waals surface area contributed by atoms with Crippen molar-refractivity contribution in [2.45, 2.75) is 20.3 Å². The Bertz CT molecular complexity index is 726. The molecule has 0 aliphatic carbocycles. The molecule has 1 amide bonds. The molecule has 5 nitrogen and oxygen atoms in total. The quantitative estimate of drug-likeness (QED) is 0.628. The summed E-state index contributed by atoms with van der Waals surface area (Å²) in [5.74, 6) is 1.18. The Hall–Kier alpha value is -2.82. The number of aryl methyl sites for hydroxylation is 1. The number of benzene rings is 2. The van der Waals surface area contributed by atoms with Crippen molar-refractivity contribution in [3.05, 3.63) is 59.7 Å².